The van der Waals surface area contributed by atoms with Crippen LogP contribution in [-0.2, 0) is 9.36 Å². The monoisotopic (exact) mass is 419 g/mol. The van der Waals surface area contributed by atoms with E-state index in [1.54, 1.807) is 18.2 Å². The number of aryl methyl sites for hydroxylation is 1. The number of aliphatic hydroxyl groups is 1. The molecule has 0 fully saturated rings. The second kappa shape index (κ2) is 9.32. The minimum atomic E-state index is -4.11. The smallest absolute Gasteiger partial charge is 0.305 e. The molecule has 0 radical (unpaired) electrons. The molecule has 0 amide bonds. The Kier molecular flexibility index (Phi) is 7.32. The number of rotatable bonds is 6. The molecule has 6 nitrogen and oxygen atoms in total. The van der Waals surface area contributed by atoms with Crippen molar-refractivity contribution in [1.29, 1.82) is 0 Å². The van der Waals surface area contributed by atoms with Crippen LogP contribution in [0, 0.1) is 24.3 Å². The van der Waals surface area contributed by atoms with E-state index in [1.165, 1.54) is 12.1 Å². The minimum absolute atomic E-state index is 0.0333. The van der Waals surface area contributed by atoms with Gasteiger partial charge < -0.3 is 15.1 Å². The third-order valence-electron chi connectivity index (χ3n) is 4.10. The summed E-state index contributed by atoms with van der Waals surface area (Å²) < 4.78 is 25.7. The Balaban J connectivity index is 2.54. The first-order valence-electron chi connectivity index (χ1n) is 9.01. The van der Waals surface area contributed by atoms with Crippen molar-refractivity contribution in [2.75, 3.05) is 6.16 Å². The van der Waals surface area contributed by atoms with E-state index in [2.05, 4.69) is 16.6 Å². The molecular weight excluding hydrogens is 396 g/mol. The number of aliphatic hydroxyl groups excluding tert-OH is 1. The molecule has 0 spiro atoms. The van der Waals surface area contributed by atoms with Gasteiger partial charge in [-0.1, -0.05) is 31.9 Å². The molecule has 0 bridgehead atoms. The Morgan fingerprint density at radius 2 is 1.90 bits per heavy atom. The van der Waals surface area contributed by atoms with E-state index >= 15 is 0 Å². The largest absolute Gasteiger partial charge is 0.481 e. The van der Waals surface area contributed by atoms with E-state index in [1.807, 2.05) is 20.8 Å². The van der Waals surface area contributed by atoms with Crippen LogP contribution in [0.3, 0.4) is 0 Å². The van der Waals surface area contributed by atoms with Crippen LogP contribution in [0.15, 0.2) is 30.3 Å². The van der Waals surface area contributed by atoms with Crippen molar-refractivity contribution in [3.63, 3.8) is 0 Å². The fraction of sp³-hybridized carbons (Fsp3) is 0.333. The molecule has 29 heavy (non-hydrogen) atoms. The van der Waals surface area contributed by atoms with Gasteiger partial charge in [-0.05, 0) is 42.3 Å². The summed E-state index contributed by atoms with van der Waals surface area (Å²) in [5.41, 5.74) is 5.44. The van der Waals surface area contributed by atoms with Gasteiger partial charge in [-0.25, -0.2) is 4.39 Å². The first-order valence-corrected chi connectivity index (χ1v) is 10.9. The molecule has 1 aromatic carbocycles. The maximum Gasteiger partial charge on any atom is 0.305 e. The van der Waals surface area contributed by atoms with Gasteiger partial charge in [0, 0.05) is 11.3 Å². The molecular formula is C21H23FNO5P. The van der Waals surface area contributed by atoms with E-state index in [4.69, 9.17) is 5.11 Å². The van der Waals surface area contributed by atoms with Crippen molar-refractivity contribution < 1.29 is 28.9 Å². The first kappa shape index (κ1) is 22.8. The molecule has 1 unspecified atom stereocenters. The molecule has 0 aliphatic carbocycles. The molecule has 2 aromatic rings. The molecule has 1 heterocycles. The van der Waals surface area contributed by atoms with E-state index in [0.717, 1.165) is 5.69 Å². The van der Waals surface area contributed by atoms with Crippen LogP contribution in [0.1, 0.15) is 43.1 Å². The van der Waals surface area contributed by atoms with E-state index in [0.29, 0.717) is 22.4 Å². The molecule has 154 valence electrons. The van der Waals surface area contributed by atoms with Gasteiger partial charge in [0.05, 0.1) is 29.9 Å². The highest BCUT2D eigenvalue weighted by molar-refractivity contribution is 7.63. The van der Waals surface area contributed by atoms with Gasteiger partial charge in [0.15, 0.2) is 0 Å². The number of benzene rings is 1. The van der Waals surface area contributed by atoms with Crippen LogP contribution < -0.4 is 0 Å². The fourth-order valence-electron chi connectivity index (χ4n) is 2.84. The Labute approximate surface area is 168 Å². The number of pyridine rings is 1. The Bertz CT molecular complexity index is 1010. The van der Waals surface area contributed by atoms with Crippen molar-refractivity contribution in [2.24, 2.45) is 0 Å². The number of carboxylic acids is 1. The van der Waals surface area contributed by atoms with Crippen molar-refractivity contribution >= 4 is 13.3 Å². The van der Waals surface area contributed by atoms with E-state index in [9.17, 15) is 23.7 Å². The summed E-state index contributed by atoms with van der Waals surface area (Å²) in [5.74, 6) is 1.04. The molecule has 2 rings (SSSR count). The van der Waals surface area contributed by atoms with Gasteiger partial charge in [0.1, 0.15) is 5.82 Å². The van der Waals surface area contributed by atoms with Gasteiger partial charge in [-0.2, -0.15) is 0 Å². The van der Waals surface area contributed by atoms with Crippen LogP contribution in [0.5, 0.6) is 0 Å². The second-order valence-electron chi connectivity index (χ2n) is 7.11. The predicted molar refractivity (Wildman–Crippen MR) is 108 cm³/mol. The van der Waals surface area contributed by atoms with Gasteiger partial charge >= 0.3 is 5.97 Å². The van der Waals surface area contributed by atoms with E-state index < -0.39 is 32.0 Å². The summed E-state index contributed by atoms with van der Waals surface area (Å²) in [6.07, 6.45) is -2.76. The zero-order chi connectivity index (χ0) is 21.8. The number of hydrogen-bond acceptors (Lipinski definition) is 4. The summed E-state index contributed by atoms with van der Waals surface area (Å²) in [6, 6.07) is 7.58. The highest BCUT2D eigenvalue weighted by Crippen LogP contribution is 2.40. The third kappa shape index (κ3) is 6.50. The SMILES string of the molecule is Cc1cc(-c2ccc(F)cc2)c(C#CP(=O)(O)C[C@@H](O)CC(=O)O)c(C(C)C)n1. The van der Waals surface area contributed by atoms with Crippen molar-refractivity contribution in [3.8, 4) is 22.7 Å². The Morgan fingerprint density at radius 1 is 1.28 bits per heavy atom. The molecule has 2 atom stereocenters. The number of carboxylic acid groups (broad SMARTS) is 1. The van der Waals surface area contributed by atoms with Gasteiger partial charge in [0.2, 0.25) is 0 Å². The Morgan fingerprint density at radius 3 is 2.45 bits per heavy atom. The summed E-state index contributed by atoms with van der Waals surface area (Å²) in [5, 5.41) is 18.4. The van der Waals surface area contributed by atoms with Crippen molar-refractivity contribution in [1.82, 2.24) is 4.98 Å². The predicted octanol–water partition coefficient (Wildman–Crippen LogP) is 3.73. The quantitative estimate of drug-likeness (QED) is 0.486. The molecule has 8 heteroatoms. The topological polar surface area (TPSA) is 108 Å². The van der Waals surface area contributed by atoms with Crippen molar-refractivity contribution in [2.45, 2.75) is 39.2 Å². The zero-order valence-corrected chi connectivity index (χ0v) is 17.3. The molecule has 0 saturated heterocycles. The molecule has 1 aromatic heterocycles. The maximum absolute atomic E-state index is 13.3. The zero-order valence-electron chi connectivity index (χ0n) is 16.4. The van der Waals surface area contributed by atoms with Crippen LogP contribution in [0.2, 0.25) is 0 Å². The van der Waals surface area contributed by atoms with Crippen LogP contribution in [0.4, 0.5) is 4.39 Å². The summed E-state index contributed by atoms with van der Waals surface area (Å²) in [6.45, 7) is 5.64. The van der Waals surface area contributed by atoms with E-state index in [-0.39, 0.29) is 11.7 Å². The maximum atomic E-state index is 13.3. The average Bonchev–Trinajstić information content (AvgIpc) is 2.59. The lowest BCUT2D eigenvalue weighted by molar-refractivity contribution is -0.138. The lowest BCUT2D eigenvalue weighted by atomic mass is 9.94. The Hall–Kier alpha value is -2.52. The lowest BCUT2D eigenvalue weighted by Crippen LogP contribution is -2.17. The molecule has 0 aliphatic rings. The number of carbonyl (C=O) groups is 1. The molecule has 0 saturated carbocycles. The first-order chi connectivity index (χ1) is 13.5. The fourth-order valence-corrected chi connectivity index (χ4v) is 3.92. The minimum Gasteiger partial charge on any atom is -0.481 e. The summed E-state index contributed by atoms with van der Waals surface area (Å²) >= 11 is 0. The van der Waals surface area contributed by atoms with Crippen LogP contribution in [-0.4, -0.2) is 38.3 Å². The highest BCUT2D eigenvalue weighted by atomic mass is 31.2. The number of hydrogen-bond donors (Lipinski definition) is 3. The van der Waals surface area contributed by atoms with Crippen LogP contribution in [0.25, 0.3) is 11.1 Å². The second-order valence-corrected chi connectivity index (χ2v) is 9.10. The lowest BCUT2D eigenvalue weighted by Gasteiger charge is -2.15. The standard InChI is InChI=1S/C21H23FNO5P/c1-13(2)21-18(8-9-29(27,28)12-17(24)11-20(25)26)19(10-14(3)23-21)15-4-6-16(22)7-5-15/h4-7,10,13,17,24H,11-12H2,1-3H3,(H,25,26)(H,27,28)/t17-/m0/s1. The number of aliphatic carboxylic acids is 1. The highest BCUT2D eigenvalue weighted by Gasteiger charge is 2.23. The molecule has 3 N–H and O–H groups in total. The molecule has 0 aliphatic heterocycles. The number of nitrogens with zero attached hydrogens (tertiary/aromatic N) is 1. The normalized spacial score (nSPS) is 14.0. The van der Waals surface area contributed by atoms with Crippen LogP contribution >= 0.6 is 7.37 Å². The van der Waals surface area contributed by atoms with Gasteiger partial charge in [0.25, 0.3) is 7.37 Å². The van der Waals surface area contributed by atoms with Gasteiger partial charge in [-0.3, -0.25) is 14.3 Å². The number of aromatic nitrogens is 1. The average molecular weight is 419 g/mol. The summed E-state index contributed by atoms with van der Waals surface area (Å²) in [4.78, 5) is 25.3. The van der Waals surface area contributed by atoms with Gasteiger partial charge in [-0.15, -0.1) is 0 Å². The third-order valence-corrected chi connectivity index (χ3v) is 5.48. The summed E-state index contributed by atoms with van der Waals surface area (Å²) in [7, 11) is -4.11. The number of halogens is 1. The van der Waals surface area contributed by atoms with Crippen molar-refractivity contribution in [3.05, 3.63) is 53.1 Å².